The third-order valence-corrected chi connectivity index (χ3v) is 3.93. The molecule has 0 aliphatic rings. The number of rotatable bonds is 15. The van der Waals surface area contributed by atoms with Crippen LogP contribution in [0.1, 0.15) is 104 Å². The van der Waals surface area contributed by atoms with Gasteiger partial charge in [0.2, 0.25) is 0 Å². The van der Waals surface area contributed by atoms with Gasteiger partial charge in [-0.1, -0.05) is 85.0 Å². The van der Waals surface area contributed by atoms with Crippen molar-refractivity contribution in [1.82, 2.24) is 5.32 Å². The lowest BCUT2D eigenvalue weighted by Gasteiger charge is -2.16. The van der Waals surface area contributed by atoms with Crippen molar-refractivity contribution in [2.45, 2.75) is 110 Å². The Kier molecular flexibility index (Phi) is 16.0. The van der Waals surface area contributed by atoms with E-state index in [1.165, 1.54) is 83.5 Å². The van der Waals surface area contributed by atoms with Gasteiger partial charge in [-0.3, -0.25) is 0 Å². The van der Waals surface area contributed by atoms with E-state index >= 15 is 0 Å². The minimum Gasteiger partial charge on any atom is -0.238 e. The van der Waals surface area contributed by atoms with E-state index in [-0.39, 0.29) is 0 Å². The molecular formula is C18H38N. The molecule has 0 fully saturated rings. The van der Waals surface area contributed by atoms with Gasteiger partial charge in [0.05, 0.1) is 0 Å². The Hall–Kier alpha value is -0.0400. The van der Waals surface area contributed by atoms with E-state index in [1.54, 1.807) is 0 Å². The van der Waals surface area contributed by atoms with Crippen LogP contribution >= 0.6 is 0 Å². The van der Waals surface area contributed by atoms with Crippen LogP contribution in [0.5, 0.6) is 0 Å². The van der Waals surface area contributed by atoms with Crippen molar-refractivity contribution >= 4 is 0 Å². The fourth-order valence-electron chi connectivity index (χ4n) is 2.56. The van der Waals surface area contributed by atoms with Gasteiger partial charge >= 0.3 is 0 Å². The number of nitrogens with zero attached hydrogens (tertiary/aromatic N) is 1. The Morgan fingerprint density at radius 3 is 1.74 bits per heavy atom. The second-order valence-corrected chi connectivity index (χ2v) is 5.97. The molecule has 0 heterocycles. The van der Waals surface area contributed by atoms with Crippen molar-refractivity contribution in [3.05, 3.63) is 0 Å². The highest BCUT2D eigenvalue weighted by molar-refractivity contribution is 4.66. The molecule has 0 N–H and O–H groups in total. The summed E-state index contributed by atoms with van der Waals surface area (Å²) >= 11 is 0. The highest BCUT2D eigenvalue weighted by Crippen LogP contribution is 2.13. The van der Waals surface area contributed by atoms with E-state index in [0.717, 1.165) is 6.54 Å². The maximum absolute atomic E-state index is 4.95. The molecule has 0 aromatic carbocycles. The summed E-state index contributed by atoms with van der Waals surface area (Å²) in [6, 6.07) is 0.670. The van der Waals surface area contributed by atoms with Gasteiger partial charge in [-0.2, -0.15) is 0 Å². The zero-order valence-electron chi connectivity index (χ0n) is 13.9. The summed E-state index contributed by atoms with van der Waals surface area (Å²) in [5.74, 6) is 0. The molecule has 0 spiro atoms. The molecule has 1 nitrogen and oxygen atoms in total. The van der Waals surface area contributed by atoms with Crippen LogP contribution in [0.25, 0.3) is 0 Å². The summed E-state index contributed by atoms with van der Waals surface area (Å²) in [6.45, 7) is 7.97. The smallest absolute Gasteiger partial charge is 0.0246 e. The normalized spacial score (nSPS) is 12.8. The average Bonchev–Trinajstić information content (AvgIpc) is 2.43. The van der Waals surface area contributed by atoms with Crippen molar-refractivity contribution in [1.29, 1.82) is 0 Å². The van der Waals surface area contributed by atoms with Crippen molar-refractivity contribution in [2.24, 2.45) is 0 Å². The van der Waals surface area contributed by atoms with Crippen LogP contribution in [0.15, 0.2) is 0 Å². The highest BCUT2D eigenvalue weighted by atomic mass is 14.9. The molecule has 1 radical (unpaired) electrons. The molecular weight excluding hydrogens is 230 g/mol. The first kappa shape index (κ1) is 19.0. The third kappa shape index (κ3) is 14.2. The third-order valence-electron chi connectivity index (χ3n) is 3.93. The lowest BCUT2D eigenvalue weighted by atomic mass is 10.0. The molecule has 19 heavy (non-hydrogen) atoms. The molecule has 0 saturated carbocycles. The van der Waals surface area contributed by atoms with E-state index in [9.17, 15) is 0 Å². The Morgan fingerprint density at radius 1 is 0.579 bits per heavy atom. The average molecular weight is 269 g/mol. The van der Waals surface area contributed by atoms with Crippen molar-refractivity contribution in [2.75, 3.05) is 6.54 Å². The maximum atomic E-state index is 4.95. The second kappa shape index (κ2) is 16.0. The molecule has 1 unspecified atom stereocenters. The summed E-state index contributed by atoms with van der Waals surface area (Å²) in [5, 5.41) is 4.95. The van der Waals surface area contributed by atoms with Crippen LogP contribution in [0, 0.1) is 0 Å². The lowest BCUT2D eigenvalue weighted by molar-refractivity contribution is 0.406. The lowest BCUT2D eigenvalue weighted by Crippen LogP contribution is -2.23. The summed E-state index contributed by atoms with van der Waals surface area (Å²) in [7, 11) is 0. The zero-order valence-corrected chi connectivity index (χ0v) is 13.9. The van der Waals surface area contributed by atoms with Crippen molar-refractivity contribution in [3.8, 4) is 0 Å². The fraction of sp³-hybridized carbons (Fsp3) is 1.00. The Morgan fingerprint density at radius 2 is 1.11 bits per heavy atom. The van der Waals surface area contributed by atoms with Gasteiger partial charge in [-0.15, -0.1) is 0 Å². The molecule has 0 amide bonds. The first-order chi connectivity index (χ1) is 9.35. The predicted molar refractivity (Wildman–Crippen MR) is 87.8 cm³/mol. The Labute approximate surface area is 122 Å². The maximum Gasteiger partial charge on any atom is 0.0246 e. The second-order valence-electron chi connectivity index (χ2n) is 5.97. The Balaban J connectivity index is 3.57. The molecule has 0 aromatic heterocycles. The molecule has 115 valence electrons. The monoisotopic (exact) mass is 268 g/mol. The summed E-state index contributed by atoms with van der Waals surface area (Å²) < 4.78 is 0. The van der Waals surface area contributed by atoms with E-state index in [1.807, 2.05) is 0 Å². The quantitative estimate of drug-likeness (QED) is 0.319. The Bertz CT molecular complexity index is 142. The first-order valence-corrected chi connectivity index (χ1v) is 9.01. The summed E-state index contributed by atoms with van der Waals surface area (Å²) in [5.41, 5.74) is 0. The number of hydrogen-bond donors (Lipinski definition) is 0. The van der Waals surface area contributed by atoms with Gasteiger partial charge in [-0.05, 0) is 19.3 Å². The minimum atomic E-state index is 0.670. The molecule has 0 bridgehead atoms. The molecule has 0 aliphatic heterocycles. The predicted octanol–water partition coefficient (Wildman–Crippen LogP) is 6.09. The summed E-state index contributed by atoms with van der Waals surface area (Å²) in [4.78, 5) is 0. The van der Waals surface area contributed by atoms with Crippen LogP contribution in [0.2, 0.25) is 0 Å². The molecule has 1 heteroatoms. The van der Waals surface area contributed by atoms with Gasteiger partial charge in [0.25, 0.3) is 0 Å². The molecule has 0 aliphatic carbocycles. The zero-order chi connectivity index (χ0) is 14.2. The fourth-order valence-corrected chi connectivity index (χ4v) is 2.56. The highest BCUT2D eigenvalue weighted by Gasteiger charge is 2.08. The molecule has 0 rings (SSSR count). The standard InChI is InChI=1S/C18H38N/c1-4-7-10-12-13-16-18(15-9-6-3)19-17-14-11-8-5-2/h18H,4-17H2,1-3H3. The van der Waals surface area contributed by atoms with E-state index in [0.29, 0.717) is 6.04 Å². The van der Waals surface area contributed by atoms with Crippen molar-refractivity contribution in [3.63, 3.8) is 0 Å². The van der Waals surface area contributed by atoms with Crippen LogP contribution in [0.3, 0.4) is 0 Å². The van der Waals surface area contributed by atoms with E-state index in [4.69, 9.17) is 5.32 Å². The number of unbranched alkanes of at least 4 members (excludes halogenated alkanes) is 8. The van der Waals surface area contributed by atoms with Gasteiger partial charge in [0.1, 0.15) is 0 Å². The topological polar surface area (TPSA) is 14.1 Å². The van der Waals surface area contributed by atoms with Crippen LogP contribution < -0.4 is 5.32 Å². The largest absolute Gasteiger partial charge is 0.238 e. The molecule has 1 atom stereocenters. The van der Waals surface area contributed by atoms with E-state index < -0.39 is 0 Å². The summed E-state index contributed by atoms with van der Waals surface area (Å²) in [6.07, 6.45) is 17.7. The number of hydrogen-bond acceptors (Lipinski definition) is 0. The molecule has 0 saturated heterocycles. The first-order valence-electron chi connectivity index (χ1n) is 9.01. The van der Waals surface area contributed by atoms with Gasteiger partial charge in [-0.25, -0.2) is 5.32 Å². The van der Waals surface area contributed by atoms with Crippen LogP contribution in [-0.4, -0.2) is 12.6 Å². The van der Waals surface area contributed by atoms with Crippen molar-refractivity contribution < 1.29 is 0 Å². The minimum absolute atomic E-state index is 0.670. The van der Waals surface area contributed by atoms with Gasteiger partial charge in [0, 0.05) is 12.6 Å². The van der Waals surface area contributed by atoms with Crippen LogP contribution in [0.4, 0.5) is 0 Å². The van der Waals surface area contributed by atoms with Gasteiger partial charge in [0.15, 0.2) is 0 Å². The van der Waals surface area contributed by atoms with E-state index in [2.05, 4.69) is 20.8 Å². The van der Waals surface area contributed by atoms with Crippen LogP contribution in [-0.2, 0) is 0 Å². The van der Waals surface area contributed by atoms with Gasteiger partial charge < -0.3 is 0 Å². The molecule has 0 aromatic rings. The SMILES string of the molecule is CCCCCCCC(CCCC)[N]CCCCCC.